The average Bonchev–Trinajstić information content (AvgIpc) is 3.00. The third-order valence-electron chi connectivity index (χ3n) is 3.13. The van der Waals surface area contributed by atoms with Gasteiger partial charge in [0.2, 0.25) is 5.89 Å². The van der Waals surface area contributed by atoms with Gasteiger partial charge in [0.15, 0.2) is 11.5 Å². The van der Waals surface area contributed by atoms with E-state index in [4.69, 9.17) is 18.6 Å². The highest BCUT2D eigenvalue weighted by Gasteiger charge is 2.14. The van der Waals surface area contributed by atoms with Crippen molar-refractivity contribution in [2.45, 2.75) is 6.54 Å². The van der Waals surface area contributed by atoms with Crippen molar-refractivity contribution in [1.29, 1.82) is 0 Å². The summed E-state index contributed by atoms with van der Waals surface area (Å²) < 4.78 is 21.6. The molecule has 0 saturated heterocycles. The van der Waals surface area contributed by atoms with Crippen molar-refractivity contribution in [3.05, 3.63) is 30.2 Å². The summed E-state index contributed by atoms with van der Waals surface area (Å²) in [5, 5.41) is 3.23. The van der Waals surface area contributed by atoms with Gasteiger partial charge in [0.05, 0.1) is 12.3 Å². The molecule has 1 N–H and O–H groups in total. The van der Waals surface area contributed by atoms with E-state index in [0.29, 0.717) is 32.3 Å². The molecule has 6 nitrogen and oxygen atoms in total. The monoisotopic (exact) mass is 290 g/mol. The summed E-state index contributed by atoms with van der Waals surface area (Å²) in [5.41, 5.74) is 1.73. The average molecular weight is 290 g/mol. The summed E-state index contributed by atoms with van der Waals surface area (Å²) in [5.74, 6) is 2.07. The first kappa shape index (κ1) is 13.9. The molecule has 1 aromatic carbocycles. The molecule has 0 amide bonds. The minimum atomic E-state index is 0.566. The number of hydrogen-bond acceptors (Lipinski definition) is 6. The lowest BCUT2D eigenvalue weighted by Gasteiger charge is -2.18. The molecule has 1 aliphatic heterocycles. The summed E-state index contributed by atoms with van der Waals surface area (Å²) in [7, 11) is 1.68. The van der Waals surface area contributed by atoms with Crippen LogP contribution in [0.25, 0.3) is 11.5 Å². The summed E-state index contributed by atoms with van der Waals surface area (Å²) in [6.07, 6.45) is 1.66. The van der Waals surface area contributed by atoms with Crippen LogP contribution in [-0.2, 0) is 11.3 Å². The van der Waals surface area contributed by atoms with Crippen LogP contribution in [0.3, 0.4) is 0 Å². The molecule has 0 atom stereocenters. The molecule has 0 aliphatic carbocycles. The van der Waals surface area contributed by atoms with E-state index >= 15 is 0 Å². The third-order valence-corrected chi connectivity index (χ3v) is 3.13. The number of rotatable bonds is 6. The Bertz CT molecular complexity index is 597. The molecule has 0 bridgehead atoms. The standard InChI is InChI=1S/C15H18N2O4/c1-18-5-4-16-9-12-10-21-15(17-12)11-2-3-13-14(8-11)20-7-6-19-13/h2-3,8,10,16H,4-7,9H2,1H3. The van der Waals surface area contributed by atoms with Crippen LogP contribution in [0.5, 0.6) is 11.5 Å². The second kappa shape index (κ2) is 6.60. The van der Waals surface area contributed by atoms with Crippen LogP contribution in [0.4, 0.5) is 0 Å². The van der Waals surface area contributed by atoms with Gasteiger partial charge in [-0.25, -0.2) is 4.98 Å². The lowest BCUT2D eigenvalue weighted by Crippen LogP contribution is -2.18. The third kappa shape index (κ3) is 3.34. The number of nitrogens with one attached hydrogen (secondary N) is 1. The highest BCUT2D eigenvalue weighted by molar-refractivity contribution is 5.60. The zero-order chi connectivity index (χ0) is 14.5. The Kier molecular flexibility index (Phi) is 4.37. The number of nitrogens with zero attached hydrogens (tertiary/aromatic N) is 1. The molecule has 1 aromatic heterocycles. The van der Waals surface area contributed by atoms with Crippen LogP contribution >= 0.6 is 0 Å². The molecular weight excluding hydrogens is 272 g/mol. The van der Waals surface area contributed by atoms with Crippen molar-refractivity contribution < 1.29 is 18.6 Å². The van der Waals surface area contributed by atoms with Crippen LogP contribution in [0, 0.1) is 0 Å². The van der Waals surface area contributed by atoms with Crippen molar-refractivity contribution in [2.24, 2.45) is 0 Å². The zero-order valence-electron chi connectivity index (χ0n) is 11.9. The van der Waals surface area contributed by atoms with Gasteiger partial charge >= 0.3 is 0 Å². The minimum absolute atomic E-state index is 0.566. The van der Waals surface area contributed by atoms with Gasteiger partial charge in [-0.15, -0.1) is 0 Å². The number of fused-ring (bicyclic) bond motifs is 1. The van der Waals surface area contributed by atoms with E-state index in [1.54, 1.807) is 13.4 Å². The van der Waals surface area contributed by atoms with Crippen molar-refractivity contribution in [3.8, 4) is 23.0 Å². The van der Waals surface area contributed by atoms with Gasteiger partial charge < -0.3 is 23.9 Å². The normalized spacial score (nSPS) is 13.4. The Balaban J connectivity index is 1.68. The van der Waals surface area contributed by atoms with E-state index in [0.717, 1.165) is 29.3 Å². The largest absolute Gasteiger partial charge is 0.486 e. The van der Waals surface area contributed by atoms with Gasteiger partial charge in [0, 0.05) is 25.8 Å². The topological polar surface area (TPSA) is 65.8 Å². The van der Waals surface area contributed by atoms with E-state index < -0.39 is 0 Å². The summed E-state index contributed by atoms with van der Waals surface area (Å²) in [4.78, 5) is 4.46. The zero-order valence-corrected chi connectivity index (χ0v) is 11.9. The molecule has 0 saturated carbocycles. The van der Waals surface area contributed by atoms with Crippen LogP contribution in [0.2, 0.25) is 0 Å². The second-order valence-electron chi connectivity index (χ2n) is 4.67. The molecule has 0 spiro atoms. The van der Waals surface area contributed by atoms with Gasteiger partial charge in [0.1, 0.15) is 19.5 Å². The number of aromatic nitrogens is 1. The van der Waals surface area contributed by atoms with Crippen molar-refractivity contribution in [2.75, 3.05) is 33.5 Å². The highest BCUT2D eigenvalue weighted by Crippen LogP contribution is 2.34. The fourth-order valence-corrected chi connectivity index (χ4v) is 2.09. The van der Waals surface area contributed by atoms with Crippen LogP contribution in [0.1, 0.15) is 5.69 Å². The van der Waals surface area contributed by atoms with Gasteiger partial charge in [-0.1, -0.05) is 0 Å². The smallest absolute Gasteiger partial charge is 0.226 e. The predicted molar refractivity (Wildman–Crippen MR) is 76.5 cm³/mol. The van der Waals surface area contributed by atoms with E-state index in [1.807, 2.05) is 18.2 Å². The minimum Gasteiger partial charge on any atom is -0.486 e. The van der Waals surface area contributed by atoms with Crippen LogP contribution in [-0.4, -0.2) is 38.5 Å². The first-order valence-corrected chi connectivity index (χ1v) is 6.91. The van der Waals surface area contributed by atoms with Crippen LogP contribution < -0.4 is 14.8 Å². The molecule has 0 unspecified atom stereocenters. The van der Waals surface area contributed by atoms with Gasteiger partial charge in [-0.3, -0.25) is 0 Å². The molecule has 3 rings (SSSR count). The molecule has 1 aliphatic rings. The Hall–Kier alpha value is -2.05. The molecule has 6 heteroatoms. The van der Waals surface area contributed by atoms with E-state index in [-0.39, 0.29) is 0 Å². The van der Waals surface area contributed by atoms with Crippen LogP contribution in [0.15, 0.2) is 28.9 Å². The number of methoxy groups -OCH3 is 1. The predicted octanol–water partition coefficient (Wildman–Crippen LogP) is 1.85. The number of hydrogen-bond donors (Lipinski definition) is 1. The second-order valence-corrected chi connectivity index (χ2v) is 4.67. The van der Waals surface area contributed by atoms with E-state index in [1.165, 1.54) is 0 Å². The summed E-state index contributed by atoms with van der Waals surface area (Å²) in [6, 6.07) is 5.69. The number of ether oxygens (including phenoxy) is 3. The number of oxazole rings is 1. The molecule has 2 heterocycles. The molecule has 0 radical (unpaired) electrons. The Labute approximate surface area is 123 Å². The maximum absolute atomic E-state index is 5.56. The molecular formula is C15H18N2O4. The lowest BCUT2D eigenvalue weighted by molar-refractivity contribution is 0.171. The summed E-state index contributed by atoms with van der Waals surface area (Å²) in [6.45, 7) is 3.26. The maximum Gasteiger partial charge on any atom is 0.226 e. The Morgan fingerprint density at radius 2 is 2.10 bits per heavy atom. The summed E-state index contributed by atoms with van der Waals surface area (Å²) >= 11 is 0. The quantitative estimate of drug-likeness (QED) is 0.819. The lowest BCUT2D eigenvalue weighted by atomic mass is 10.2. The molecule has 21 heavy (non-hydrogen) atoms. The fourth-order valence-electron chi connectivity index (χ4n) is 2.09. The van der Waals surface area contributed by atoms with Crippen molar-refractivity contribution in [3.63, 3.8) is 0 Å². The van der Waals surface area contributed by atoms with Crippen molar-refractivity contribution in [1.82, 2.24) is 10.3 Å². The first-order chi connectivity index (χ1) is 10.4. The Morgan fingerprint density at radius 3 is 2.95 bits per heavy atom. The van der Waals surface area contributed by atoms with Gasteiger partial charge in [-0.05, 0) is 18.2 Å². The first-order valence-electron chi connectivity index (χ1n) is 6.91. The van der Waals surface area contributed by atoms with Gasteiger partial charge in [-0.2, -0.15) is 0 Å². The molecule has 2 aromatic rings. The number of benzene rings is 1. The fraction of sp³-hybridized carbons (Fsp3) is 0.400. The highest BCUT2D eigenvalue weighted by atomic mass is 16.6. The molecule has 0 fully saturated rings. The Morgan fingerprint density at radius 1 is 1.24 bits per heavy atom. The van der Waals surface area contributed by atoms with Gasteiger partial charge in [0.25, 0.3) is 0 Å². The molecule has 112 valence electrons. The van der Waals surface area contributed by atoms with Crippen molar-refractivity contribution >= 4 is 0 Å². The maximum atomic E-state index is 5.56. The van der Waals surface area contributed by atoms with E-state index in [9.17, 15) is 0 Å². The van der Waals surface area contributed by atoms with E-state index in [2.05, 4.69) is 10.3 Å². The SMILES string of the molecule is COCCNCc1coc(-c2ccc3c(c2)OCCO3)n1.